The lowest BCUT2D eigenvalue weighted by atomic mass is 9.96. The number of nitrogens with zero attached hydrogens (tertiary/aromatic N) is 9. The van der Waals surface area contributed by atoms with Gasteiger partial charge in [0.2, 0.25) is 0 Å². The molecule has 4 aromatic heterocycles. The topological polar surface area (TPSA) is 174 Å². The Hall–Kier alpha value is -7.27. The maximum atomic E-state index is 13.2. The van der Waals surface area contributed by atoms with Crippen LogP contribution < -0.4 is 16.4 Å². The summed E-state index contributed by atoms with van der Waals surface area (Å²) in [6.45, 7) is 13.4. The van der Waals surface area contributed by atoms with E-state index in [1.807, 2.05) is 28.8 Å². The minimum Gasteiger partial charge on any atom is -0.448 e. The van der Waals surface area contributed by atoms with Crippen LogP contribution in [0.1, 0.15) is 115 Å². The van der Waals surface area contributed by atoms with Crippen LogP contribution in [0.5, 0.6) is 0 Å². The molecule has 5 aliphatic rings. The fraction of sp³-hybridized carbons (Fsp3) is 0.407. The molecule has 4 unspecified atom stereocenters. The van der Waals surface area contributed by atoms with Crippen molar-refractivity contribution >= 4 is 17.1 Å². The highest BCUT2D eigenvalue weighted by Crippen LogP contribution is 2.45. The van der Waals surface area contributed by atoms with Gasteiger partial charge >= 0.3 is 6.09 Å². The summed E-state index contributed by atoms with van der Waals surface area (Å²) in [6.07, 6.45) is 6.56. The Morgan fingerprint density at radius 3 is 1.53 bits per heavy atom. The number of benzene rings is 4. The quantitative estimate of drug-likeness (QED) is 0.122. The first-order valence-corrected chi connectivity index (χ1v) is 27.0. The number of hydrogen-bond acceptors (Lipinski definition) is 11. The number of ether oxygens (including phenoxy) is 1. The van der Waals surface area contributed by atoms with Crippen molar-refractivity contribution < 1.29 is 9.53 Å². The second kappa shape index (κ2) is 21.2. The molecule has 16 nitrogen and oxygen atoms in total. The van der Waals surface area contributed by atoms with Gasteiger partial charge in [-0.2, -0.15) is 10.2 Å². The van der Waals surface area contributed by atoms with Gasteiger partial charge in [-0.1, -0.05) is 123 Å². The number of aromatic nitrogens is 8. The predicted octanol–water partition coefficient (Wildman–Crippen LogP) is 7.90. The van der Waals surface area contributed by atoms with Crippen molar-refractivity contribution in [2.45, 2.75) is 82.2 Å². The van der Waals surface area contributed by atoms with Crippen LogP contribution in [0.3, 0.4) is 0 Å². The number of carbonyl (C=O) groups is 1. The highest BCUT2D eigenvalue weighted by molar-refractivity contribution is 5.79. The number of hydrogen-bond donors (Lipinski definition) is 3. The Kier molecular flexibility index (Phi) is 13.7. The first-order valence-electron chi connectivity index (χ1n) is 27.0. The number of piperidine rings is 2. The van der Waals surface area contributed by atoms with Crippen molar-refractivity contribution in [2.24, 2.45) is 11.8 Å². The molecule has 13 rings (SSSR count). The molecule has 4 saturated heterocycles. The number of fused-ring (bicyclic) bond motifs is 5. The number of nitrogens with one attached hydrogen (secondary N) is 3. The smallest absolute Gasteiger partial charge is 0.409 e. The zero-order chi connectivity index (χ0) is 51.0. The van der Waals surface area contributed by atoms with Crippen molar-refractivity contribution in [3.63, 3.8) is 0 Å². The van der Waals surface area contributed by atoms with E-state index in [-0.39, 0.29) is 40.9 Å². The molecule has 16 heteroatoms. The predicted molar refractivity (Wildman–Crippen MR) is 288 cm³/mol. The van der Waals surface area contributed by atoms with E-state index in [4.69, 9.17) is 14.9 Å². The van der Waals surface area contributed by atoms with Crippen LogP contribution in [-0.2, 0) is 17.8 Å². The molecule has 3 N–H and O–H groups in total. The second-order valence-corrected chi connectivity index (χ2v) is 21.6. The number of aromatic amines is 2. The van der Waals surface area contributed by atoms with E-state index < -0.39 is 0 Å². The average molecular weight is 1010 g/mol. The van der Waals surface area contributed by atoms with Gasteiger partial charge in [0.05, 0.1) is 12.4 Å². The minimum atomic E-state index is -0.277. The molecule has 4 aromatic carbocycles. The Labute approximate surface area is 436 Å². The largest absolute Gasteiger partial charge is 0.448 e. The molecule has 75 heavy (non-hydrogen) atoms. The zero-order valence-corrected chi connectivity index (χ0v) is 42.9. The second-order valence-electron chi connectivity index (χ2n) is 21.6. The molecule has 8 heterocycles. The molecule has 0 spiro atoms. The SMILES string of the molecule is CC1CN(Cc2ccccc2)CC1c1nn2c(C3CCN(C(=O)OCC4c5ccccc5-c5ccccc54)CC3)ncc2c(=O)[nH]1.CC1CN(Cc2ccccc2)CC1c1nn2c(C3CCNCC3)ncc2c(=O)[nH]1. The molecular weight excluding hydrogens is 941 g/mol. The number of amides is 1. The van der Waals surface area contributed by atoms with Crippen molar-refractivity contribution in [2.75, 3.05) is 59.0 Å². The Morgan fingerprint density at radius 1 is 0.587 bits per heavy atom. The lowest BCUT2D eigenvalue weighted by molar-refractivity contribution is 0.0899. The Bertz CT molecular complexity index is 3370. The van der Waals surface area contributed by atoms with Gasteiger partial charge in [0.25, 0.3) is 11.1 Å². The minimum absolute atomic E-state index is 0.0385. The van der Waals surface area contributed by atoms with E-state index in [9.17, 15) is 14.4 Å². The number of imidazole rings is 2. The monoisotopic (exact) mass is 1010 g/mol. The molecule has 4 aliphatic heterocycles. The lowest BCUT2D eigenvalue weighted by Crippen LogP contribution is -2.39. The number of H-pyrrole nitrogens is 2. The summed E-state index contributed by atoms with van der Waals surface area (Å²) >= 11 is 0. The Balaban J connectivity index is 0.000000168. The lowest BCUT2D eigenvalue weighted by Gasteiger charge is -2.31. The summed E-state index contributed by atoms with van der Waals surface area (Å²) < 4.78 is 9.50. The molecule has 0 bridgehead atoms. The summed E-state index contributed by atoms with van der Waals surface area (Å²) in [5, 5.41) is 13.3. The van der Waals surface area contributed by atoms with Crippen LogP contribution >= 0.6 is 0 Å². The Morgan fingerprint density at radius 2 is 1.04 bits per heavy atom. The van der Waals surface area contributed by atoms with Crippen molar-refractivity contribution in [3.05, 3.63) is 188 Å². The summed E-state index contributed by atoms with van der Waals surface area (Å²) in [5.41, 5.74) is 8.22. The van der Waals surface area contributed by atoms with Crippen LogP contribution in [0.25, 0.3) is 22.2 Å². The fourth-order valence-electron chi connectivity index (χ4n) is 12.6. The van der Waals surface area contributed by atoms with Crippen molar-refractivity contribution in [1.29, 1.82) is 0 Å². The van der Waals surface area contributed by atoms with E-state index in [2.05, 4.69) is 134 Å². The number of rotatable bonds is 10. The maximum Gasteiger partial charge on any atom is 0.409 e. The van der Waals surface area contributed by atoms with Crippen molar-refractivity contribution in [3.8, 4) is 11.1 Å². The van der Waals surface area contributed by atoms with Gasteiger partial charge in [-0.3, -0.25) is 19.4 Å². The first-order chi connectivity index (χ1) is 36.7. The fourth-order valence-corrected chi connectivity index (χ4v) is 12.6. The van der Waals surface area contributed by atoms with Gasteiger partial charge in [0.1, 0.15) is 29.9 Å². The summed E-state index contributed by atoms with van der Waals surface area (Å²) in [4.78, 5) is 61.2. The van der Waals surface area contributed by atoms with Gasteiger partial charge in [-0.15, -0.1) is 0 Å². The number of likely N-dealkylation sites (tertiary alicyclic amines) is 3. The summed E-state index contributed by atoms with van der Waals surface area (Å²) in [7, 11) is 0. The number of carbonyl (C=O) groups excluding carboxylic acids is 1. The third-order valence-corrected chi connectivity index (χ3v) is 16.6. The molecule has 0 saturated carbocycles. The summed E-state index contributed by atoms with van der Waals surface area (Å²) in [6, 6.07) is 37.8. The molecule has 1 aliphatic carbocycles. The van der Waals surface area contributed by atoms with Crippen LogP contribution in [0, 0.1) is 11.8 Å². The van der Waals surface area contributed by atoms with Crippen LogP contribution in [0.4, 0.5) is 4.79 Å². The highest BCUT2D eigenvalue weighted by atomic mass is 16.6. The van der Waals surface area contributed by atoms with Gasteiger partial charge in [-0.05, 0) is 84.0 Å². The standard InChI is InChI=1S/C37H38N6O3.C22H28N6O/c1-24-20-41(21-25-9-3-2-4-10-25)22-31(24)34-39-36(44)33-19-38-35(43(33)40-34)26-15-17-42(18-16-26)37(45)46-23-32-29-13-7-5-11-27(29)28-12-6-8-14-30(28)32;1-15-12-27(13-16-5-3-2-4-6-16)14-18(15)20-25-22(29)19-11-24-21(28(19)26-20)17-7-9-23-10-8-17/h2-14,19,24,26,31-32H,15-18,20-23H2,1H3,(H,39,40,44);2-6,11,15,17-18,23H,7-10,12-14H2,1H3,(H,25,26,29). The highest BCUT2D eigenvalue weighted by Gasteiger charge is 2.36. The van der Waals surface area contributed by atoms with Gasteiger partial charge in [0, 0.05) is 81.9 Å². The third kappa shape index (κ3) is 9.94. The molecule has 1 amide bonds. The molecule has 8 aromatic rings. The summed E-state index contributed by atoms with van der Waals surface area (Å²) in [5.74, 6) is 4.87. The first kappa shape index (κ1) is 48.7. The van der Waals surface area contributed by atoms with Crippen LogP contribution in [-0.4, -0.2) is 119 Å². The van der Waals surface area contributed by atoms with Gasteiger partial charge in [0.15, 0.2) is 11.0 Å². The molecule has 4 atom stereocenters. The van der Waals surface area contributed by atoms with Crippen LogP contribution in [0.2, 0.25) is 0 Å². The van der Waals surface area contributed by atoms with Crippen LogP contribution in [0.15, 0.2) is 131 Å². The van der Waals surface area contributed by atoms with Gasteiger partial charge in [-0.25, -0.2) is 23.8 Å². The van der Waals surface area contributed by atoms with E-state index in [1.54, 1.807) is 21.8 Å². The average Bonchev–Trinajstić information content (AvgIpc) is 4.30. The van der Waals surface area contributed by atoms with E-state index in [0.29, 0.717) is 48.5 Å². The molecular formula is C59H66N12O4. The van der Waals surface area contributed by atoms with E-state index in [0.717, 1.165) is 101 Å². The third-order valence-electron chi connectivity index (χ3n) is 16.6. The van der Waals surface area contributed by atoms with Crippen molar-refractivity contribution in [1.82, 2.24) is 59.2 Å². The zero-order valence-electron chi connectivity index (χ0n) is 42.9. The maximum absolute atomic E-state index is 13.2. The van der Waals surface area contributed by atoms with Gasteiger partial charge < -0.3 is 24.9 Å². The van der Waals surface area contributed by atoms with E-state index in [1.165, 1.54) is 33.4 Å². The normalized spacial score (nSPS) is 21.6. The molecule has 4 fully saturated rings. The molecule has 0 radical (unpaired) electrons. The van der Waals surface area contributed by atoms with E-state index >= 15 is 0 Å². The molecule has 386 valence electrons.